The molecule has 0 radical (unpaired) electrons. The molecule has 0 N–H and O–H groups in total. The van der Waals surface area contributed by atoms with E-state index in [2.05, 4.69) is 0 Å². The molecule has 0 unspecified atom stereocenters. The number of ether oxygens (including phenoxy) is 2. The SMILES string of the molecule is COc1ccc(C(=O)N2CC=CC2=O)cc1OC(=O)c1ccccc1. The number of hydrogen-bond acceptors (Lipinski definition) is 5. The highest BCUT2D eigenvalue weighted by Gasteiger charge is 2.25. The minimum Gasteiger partial charge on any atom is -0.493 e. The van der Waals surface area contributed by atoms with E-state index < -0.39 is 11.9 Å². The molecule has 2 aromatic rings. The molecule has 25 heavy (non-hydrogen) atoms. The second-order valence-corrected chi connectivity index (χ2v) is 5.28. The number of hydrogen-bond donors (Lipinski definition) is 0. The van der Waals surface area contributed by atoms with E-state index in [0.717, 1.165) is 4.90 Å². The minimum absolute atomic E-state index is 0.113. The molecule has 0 fully saturated rings. The molecule has 126 valence electrons. The third-order valence-corrected chi connectivity index (χ3v) is 3.68. The Hall–Kier alpha value is -3.41. The lowest BCUT2D eigenvalue weighted by Gasteiger charge is -2.15. The molecule has 2 amide bonds. The highest BCUT2D eigenvalue weighted by Crippen LogP contribution is 2.29. The van der Waals surface area contributed by atoms with Crippen molar-refractivity contribution in [3.63, 3.8) is 0 Å². The van der Waals surface area contributed by atoms with Gasteiger partial charge in [-0.3, -0.25) is 14.5 Å². The van der Waals surface area contributed by atoms with Crippen molar-refractivity contribution in [1.29, 1.82) is 0 Å². The Kier molecular flexibility index (Phi) is 4.61. The van der Waals surface area contributed by atoms with Gasteiger partial charge in [0.15, 0.2) is 11.5 Å². The predicted molar refractivity (Wildman–Crippen MR) is 89.6 cm³/mol. The molecule has 0 saturated heterocycles. The first-order valence-corrected chi connectivity index (χ1v) is 7.58. The summed E-state index contributed by atoms with van der Waals surface area (Å²) >= 11 is 0. The van der Waals surface area contributed by atoms with Gasteiger partial charge in [0, 0.05) is 18.2 Å². The molecular weight excluding hydrogens is 322 g/mol. The van der Waals surface area contributed by atoms with Gasteiger partial charge in [-0.15, -0.1) is 0 Å². The zero-order chi connectivity index (χ0) is 17.8. The number of methoxy groups -OCH3 is 1. The lowest BCUT2D eigenvalue weighted by molar-refractivity contribution is -0.122. The number of imide groups is 1. The Balaban J connectivity index is 1.86. The van der Waals surface area contributed by atoms with Gasteiger partial charge in [-0.1, -0.05) is 24.3 Å². The summed E-state index contributed by atoms with van der Waals surface area (Å²) in [5.74, 6) is -0.978. The summed E-state index contributed by atoms with van der Waals surface area (Å²) < 4.78 is 10.5. The van der Waals surface area contributed by atoms with Gasteiger partial charge in [-0.2, -0.15) is 0 Å². The lowest BCUT2D eigenvalue weighted by atomic mass is 10.1. The molecule has 0 aliphatic carbocycles. The summed E-state index contributed by atoms with van der Waals surface area (Å²) in [4.78, 5) is 37.5. The van der Waals surface area contributed by atoms with Crippen LogP contribution in [-0.4, -0.2) is 36.3 Å². The van der Waals surface area contributed by atoms with Crippen molar-refractivity contribution in [2.45, 2.75) is 0 Å². The van der Waals surface area contributed by atoms with E-state index in [1.807, 2.05) is 0 Å². The van der Waals surface area contributed by atoms with E-state index in [1.54, 1.807) is 36.4 Å². The number of nitrogens with zero attached hydrogens (tertiary/aromatic N) is 1. The fourth-order valence-corrected chi connectivity index (χ4v) is 2.40. The fraction of sp³-hybridized carbons (Fsp3) is 0.105. The normalized spacial score (nSPS) is 13.0. The lowest BCUT2D eigenvalue weighted by Crippen LogP contribution is -2.32. The Labute approximate surface area is 144 Å². The van der Waals surface area contributed by atoms with Crippen molar-refractivity contribution in [2.75, 3.05) is 13.7 Å². The molecule has 1 aliphatic rings. The molecule has 0 bridgehead atoms. The first-order chi connectivity index (χ1) is 12.1. The third-order valence-electron chi connectivity index (χ3n) is 3.68. The van der Waals surface area contributed by atoms with E-state index in [1.165, 1.54) is 31.4 Å². The maximum Gasteiger partial charge on any atom is 0.343 e. The van der Waals surface area contributed by atoms with Gasteiger partial charge in [0.2, 0.25) is 0 Å². The summed E-state index contributed by atoms with van der Waals surface area (Å²) in [7, 11) is 1.44. The average molecular weight is 337 g/mol. The van der Waals surface area contributed by atoms with Gasteiger partial charge in [0.25, 0.3) is 11.8 Å². The number of benzene rings is 2. The number of carbonyl (C=O) groups excluding carboxylic acids is 3. The Morgan fingerprint density at radius 1 is 1.00 bits per heavy atom. The molecule has 0 atom stereocenters. The molecule has 0 saturated carbocycles. The van der Waals surface area contributed by atoms with Crippen molar-refractivity contribution in [1.82, 2.24) is 4.90 Å². The Bertz CT molecular complexity index is 857. The fourth-order valence-electron chi connectivity index (χ4n) is 2.40. The van der Waals surface area contributed by atoms with Crippen LogP contribution in [0.2, 0.25) is 0 Å². The van der Waals surface area contributed by atoms with Crippen molar-refractivity contribution >= 4 is 17.8 Å². The van der Waals surface area contributed by atoms with Crippen LogP contribution in [-0.2, 0) is 4.79 Å². The number of esters is 1. The van der Waals surface area contributed by atoms with Crippen LogP contribution in [0.3, 0.4) is 0 Å². The topological polar surface area (TPSA) is 72.9 Å². The monoisotopic (exact) mass is 337 g/mol. The summed E-state index contributed by atoms with van der Waals surface area (Å²) in [6.45, 7) is 0.225. The van der Waals surface area contributed by atoms with E-state index in [-0.39, 0.29) is 23.8 Å². The second kappa shape index (κ2) is 7.00. The van der Waals surface area contributed by atoms with Crippen LogP contribution in [0.15, 0.2) is 60.7 Å². The van der Waals surface area contributed by atoms with E-state index in [0.29, 0.717) is 11.3 Å². The predicted octanol–water partition coefficient (Wildman–Crippen LogP) is 2.45. The highest BCUT2D eigenvalue weighted by atomic mass is 16.6. The largest absolute Gasteiger partial charge is 0.493 e. The molecule has 0 spiro atoms. The van der Waals surface area contributed by atoms with Crippen LogP contribution in [0.25, 0.3) is 0 Å². The molecule has 1 heterocycles. The van der Waals surface area contributed by atoms with E-state index >= 15 is 0 Å². The third kappa shape index (κ3) is 3.42. The van der Waals surface area contributed by atoms with Gasteiger partial charge < -0.3 is 9.47 Å². The summed E-state index contributed by atoms with van der Waals surface area (Å²) in [5, 5.41) is 0. The first kappa shape index (κ1) is 16.4. The van der Waals surface area contributed by atoms with Crippen LogP contribution < -0.4 is 9.47 Å². The van der Waals surface area contributed by atoms with Crippen molar-refractivity contribution < 1.29 is 23.9 Å². The molecule has 3 rings (SSSR count). The first-order valence-electron chi connectivity index (χ1n) is 7.58. The van der Waals surface area contributed by atoms with Gasteiger partial charge in [0.1, 0.15) is 0 Å². The van der Waals surface area contributed by atoms with Gasteiger partial charge in [-0.25, -0.2) is 4.79 Å². The van der Waals surface area contributed by atoms with Gasteiger partial charge in [0.05, 0.1) is 12.7 Å². The van der Waals surface area contributed by atoms with Crippen molar-refractivity contribution in [3.8, 4) is 11.5 Å². The van der Waals surface area contributed by atoms with Crippen LogP contribution in [0, 0.1) is 0 Å². The summed E-state index contributed by atoms with van der Waals surface area (Å²) in [6.07, 6.45) is 2.96. The molecule has 6 heteroatoms. The minimum atomic E-state index is -0.567. The number of amides is 2. The van der Waals surface area contributed by atoms with Gasteiger partial charge >= 0.3 is 5.97 Å². The molecule has 0 aromatic heterocycles. The van der Waals surface area contributed by atoms with Crippen molar-refractivity contribution in [3.05, 3.63) is 71.8 Å². The maximum atomic E-state index is 12.4. The zero-order valence-electron chi connectivity index (χ0n) is 13.5. The smallest absolute Gasteiger partial charge is 0.343 e. The highest BCUT2D eigenvalue weighted by molar-refractivity contribution is 6.09. The maximum absolute atomic E-state index is 12.4. The summed E-state index contributed by atoms with van der Waals surface area (Å²) in [5.41, 5.74) is 0.605. The van der Waals surface area contributed by atoms with Crippen LogP contribution in [0.1, 0.15) is 20.7 Å². The zero-order valence-corrected chi connectivity index (χ0v) is 13.5. The van der Waals surface area contributed by atoms with E-state index in [9.17, 15) is 14.4 Å². The van der Waals surface area contributed by atoms with Crippen LogP contribution in [0.5, 0.6) is 11.5 Å². The molecule has 1 aliphatic heterocycles. The van der Waals surface area contributed by atoms with Crippen LogP contribution in [0.4, 0.5) is 0 Å². The van der Waals surface area contributed by atoms with Crippen LogP contribution >= 0.6 is 0 Å². The van der Waals surface area contributed by atoms with Crippen molar-refractivity contribution in [2.24, 2.45) is 0 Å². The Morgan fingerprint density at radius 3 is 2.40 bits per heavy atom. The molecule has 2 aromatic carbocycles. The van der Waals surface area contributed by atoms with E-state index in [4.69, 9.17) is 9.47 Å². The molecule has 6 nitrogen and oxygen atoms in total. The average Bonchev–Trinajstić information content (AvgIpc) is 3.07. The number of carbonyl (C=O) groups is 3. The second-order valence-electron chi connectivity index (χ2n) is 5.28. The Morgan fingerprint density at radius 2 is 1.76 bits per heavy atom. The standard InChI is InChI=1S/C19H15NO5/c1-24-15-10-9-14(18(22)20-11-5-8-17(20)21)12-16(15)25-19(23)13-6-3-2-4-7-13/h2-10,12H,11H2,1H3. The van der Waals surface area contributed by atoms with Gasteiger partial charge in [-0.05, 0) is 30.3 Å². The molecular formula is C19H15NO5. The quantitative estimate of drug-likeness (QED) is 0.487. The number of rotatable bonds is 4. The summed E-state index contributed by atoms with van der Waals surface area (Å²) in [6, 6.07) is 12.9.